The van der Waals surface area contributed by atoms with Crippen molar-refractivity contribution < 1.29 is 31.2 Å². The van der Waals surface area contributed by atoms with Gasteiger partial charge in [0, 0.05) is 23.1 Å². The van der Waals surface area contributed by atoms with E-state index in [1.54, 1.807) is 6.92 Å². The minimum atomic E-state index is -4.08. The molecule has 0 spiro atoms. The van der Waals surface area contributed by atoms with Gasteiger partial charge < -0.3 is 0 Å². The van der Waals surface area contributed by atoms with E-state index in [2.05, 4.69) is 4.72 Å². The van der Waals surface area contributed by atoms with Crippen molar-refractivity contribution in [1.29, 1.82) is 0 Å². The van der Waals surface area contributed by atoms with E-state index in [1.165, 1.54) is 6.92 Å². The first-order valence-electron chi connectivity index (χ1n) is 9.88. The summed E-state index contributed by atoms with van der Waals surface area (Å²) in [5, 5.41) is 0. The Morgan fingerprint density at radius 3 is 1.72 bits per heavy atom. The van der Waals surface area contributed by atoms with Gasteiger partial charge in [0.25, 0.3) is 0 Å². The number of carbonyl (C=O) groups is 2. The molecule has 0 heterocycles. The fourth-order valence-corrected chi connectivity index (χ4v) is 3.81. The molecule has 0 saturated carbocycles. The molecule has 0 bridgehead atoms. The fraction of sp³-hybridized carbons (Fsp3) is 0.700. The average Bonchev–Trinajstić information content (AvgIpc) is 2.59. The predicted molar refractivity (Wildman–Crippen MR) is 106 cm³/mol. The van der Waals surface area contributed by atoms with Crippen molar-refractivity contribution in [2.24, 2.45) is 0 Å². The Kier molecular flexibility index (Phi) is 9.58. The van der Waals surface area contributed by atoms with Crippen molar-refractivity contribution in [1.82, 2.24) is 4.72 Å². The largest absolute Gasteiger partial charge is 0.389 e. The van der Waals surface area contributed by atoms with E-state index < -0.39 is 28.4 Å². The van der Waals surface area contributed by atoms with Gasteiger partial charge in [-0.25, -0.2) is 8.42 Å². The van der Waals surface area contributed by atoms with E-state index in [0.717, 1.165) is 38.4 Å². The van der Waals surface area contributed by atoms with Gasteiger partial charge in [0.2, 0.25) is 15.8 Å². The van der Waals surface area contributed by atoms with Crippen LogP contribution in [0.15, 0.2) is 22.4 Å². The van der Waals surface area contributed by atoms with Crippen molar-refractivity contribution in [3.63, 3.8) is 0 Å². The second-order valence-corrected chi connectivity index (χ2v) is 9.33. The predicted octanol–water partition coefficient (Wildman–Crippen LogP) is 4.74. The van der Waals surface area contributed by atoms with Gasteiger partial charge in [0.05, 0.1) is 6.26 Å². The zero-order chi connectivity index (χ0) is 22.2. The lowest BCUT2D eigenvalue weighted by Crippen LogP contribution is -2.33. The Morgan fingerprint density at radius 1 is 0.793 bits per heavy atom. The number of halogens is 3. The summed E-state index contributed by atoms with van der Waals surface area (Å²) in [5.74, 6) is -0.778. The maximum absolute atomic E-state index is 12.5. The molecule has 0 aromatic rings. The Hall–Kier alpha value is -1.64. The van der Waals surface area contributed by atoms with Crippen LogP contribution in [0, 0.1) is 0 Å². The number of rotatable bonds is 12. The Balaban J connectivity index is 2.46. The van der Waals surface area contributed by atoms with E-state index in [4.69, 9.17) is 0 Å². The molecule has 0 saturated heterocycles. The van der Waals surface area contributed by atoms with Crippen LogP contribution in [0.5, 0.6) is 0 Å². The molecule has 1 N–H and O–H groups in total. The lowest BCUT2D eigenvalue weighted by atomic mass is 9.86. The highest BCUT2D eigenvalue weighted by molar-refractivity contribution is 7.88. The van der Waals surface area contributed by atoms with Crippen LogP contribution < -0.4 is 4.72 Å². The maximum Gasteiger partial charge on any atom is 0.389 e. The first-order valence-corrected chi connectivity index (χ1v) is 11.8. The topological polar surface area (TPSA) is 80.3 Å². The SMILES string of the molecule is CC1=C(C)C(=O)C(NS(C)(=O)=O)=C(CCCCCCCCCCC(F)(F)F)C1=O. The van der Waals surface area contributed by atoms with Gasteiger partial charge in [0.1, 0.15) is 5.70 Å². The van der Waals surface area contributed by atoms with Crippen molar-refractivity contribution in [3.8, 4) is 0 Å². The molecule has 5 nitrogen and oxygen atoms in total. The summed E-state index contributed by atoms with van der Waals surface area (Å²) in [7, 11) is -3.69. The third-order valence-corrected chi connectivity index (χ3v) is 5.55. The Morgan fingerprint density at radius 2 is 1.24 bits per heavy atom. The summed E-state index contributed by atoms with van der Waals surface area (Å²) in [6.07, 6.45) is 1.97. The molecule has 166 valence electrons. The first kappa shape index (κ1) is 25.4. The van der Waals surface area contributed by atoms with Crippen LogP contribution in [0.1, 0.15) is 78.1 Å². The van der Waals surface area contributed by atoms with E-state index in [0.29, 0.717) is 24.8 Å². The molecule has 0 unspecified atom stereocenters. The highest BCUT2D eigenvalue weighted by Gasteiger charge is 2.31. The molecule has 0 aromatic carbocycles. The lowest BCUT2D eigenvalue weighted by molar-refractivity contribution is -0.135. The van der Waals surface area contributed by atoms with E-state index in [9.17, 15) is 31.2 Å². The monoisotopic (exact) mass is 437 g/mol. The molecule has 0 radical (unpaired) electrons. The molecule has 0 aliphatic heterocycles. The van der Waals surface area contributed by atoms with Crippen molar-refractivity contribution in [3.05, 3.63) is 22.4 Å². The molecule has 29 heavy (non-hydrogen) atoms. The van der Waals surface area contributed by atoms with Crippen molar-refractivity contribution >= 4 is 21.6 Å². The molecule has 1 aliphatic carbocycles. The fourth-order valence-electron chi connectivity index (χ4n) is 3.22. The van der Waals surface area contributed by atoms with E-state index in [1.807, 2.05) is 0 Å². The van der Waals surface area contributed by atoms with Gasteiger partial charge in [-0.3, -0.25) is 14.3 Å². The van der Waals surface area contributed by atoms with Gasteiger partial charge in [-0.15, -0.1) is 0 Å². The number of unbranched alkanes of at least 4 members (excludes halogenated alkanes) is 7. The standard InChI is InChI=1S/C20H30F3NO4S/c1-14-15(2)19(26)17(24-29(3,27)28)16(18(14)25)12-10-8-6-4-5-7-9-11-13-20(21,22)23/h24H,4-13H2,1-3H3. The van der Waals surface area contributed by atoms with E-state index in [-0.39, 0.29) is 29.0 Å². The molecule has 1 rings (SSSR count). The van der Waals surface area contributed by atoms with Gasteiger partial charge in [-0.05, 0) is 33.1 Å². The molecule has 0 atom stereocenters. The molecular formula is C20H30F3NO4S. The van der Waals surface area contributed by atoms with Crippen LogP contribution in [0.25, 0.3) is 0 Å². The quantitative estimate of drug-likeness (QED) is 0.353. The number of Topliss-reactive ketones (excluding diaryl/α,β-unsaturated/α-hetero) is 2. The minimum Gasteiger partial charge on any atom is -0.289 e. The summed E-state index contributed by atoms with van der Waals surface area (Å²) in [6, 6.07) is 0. The summed E-state index contributed by atoms with van der Waals surface area (Å²) < 4.78 is 61.5. The second kappa shape index (κ2) is 10.9. The number of carbonyl (C=O) groups excluding carboxylic acids is 2. The van der Waals surface area contributed by atoms with Crippen LogP contribution in [-0.4, -0.2) is 32.4 Å². The molecule has 0 aromatic heterocycles. The molecular weight excluding hydrogens is 407 g/mol. The molecule has 0 amide bonds. The summed E-state index contributed by atoms with van der Waals surface area (Å²) in [6.45, 7) is 3.07. The smallest absolute Gasteiger partial charge is 0.289 e. The number of nitrogens with one attached hydrogen (secondary N) is 1. The summed E-state index contributed by atoms with van der Waals surface area (Å²) in [4.78, 5) is 25.0. The number of hydrogen-bond donors (Lipinski definition) is 1. The number of ketones is 2. The number of alkyl halides is 3. The first-order chi connectivity index (χ1) is 13.3. The summed E-state index contributed by atoms with van der Waals surface area (Å²) >= 11 is 0. The third-order valence-electron chi connectivity index (χ3n) is 4.97. The molecule has 1 aliphatic rings. The normalized spacial score (nSPS) is 16.1. The van der Waals surface area contributed by atoms with E-state index >= 15 is 0 Å². The number of allylic oxidation sites excluding steroid dienone is 3. The number of hydrogen-bond acceptors (Lipinski definition) is 4. The molecule has 0 fully saturated rings. The lowest BCUT2D eigenvalue weighted by Gasteiger charge is -2.21. The summed E-state index contributed by atoms with van der Waals surface area (Å²) in [5.41, 5.74) is 0.638. The Bertz CT molecular complexity index is 780. The van der Waals surface area contributed by atoms with Gasteiger partial charge in [0.15, 0.2) is 5.78 Å². The Labute approximate surface area is 170 Å². The second-order valence-electron chi connectivity index (χ2n) is 7.58. The van der Waals surface area contributed by atoms with Gasteiger partial charge in [-0.2, -0.15) is 13.2 Å². The minimum absolute atomic E-state index is 0.148. The average molecular weight is 438 g/mol. The number of sulfonamides is 1. The van der Waals surface area contributed by atoms with Crippen LogP contribution >= 0.6 is 0 Å². The van der Waals surface area contributed by atoms with Crippen LogP contribution in [0.4, 0.5) is 13.2 Å². The zero-order valence-corrected chi connectivity index (χ0v) is 18.1. The maximum atomic E-state index is 12.5. The zero-order valence-electron chi connectivity index (χ0n) is 17.2. The van der Waals surface area contributed by atoms with Gasteiger partial charge in [-0.1, -0.05) is 38.5 Å². The van der Waals surface area contributed by atoms with Crippen LogP contribution in [0.3, 0.4) is 0 Å². The van der Waals surface area contributed by atoms with Crippen molar-refractivity contribution in [2.45, 2.75) is 84.2 Å². The molecule has 9 heteroatoms. The van der Waals surface area contributed by atoms with Crippen LogP contribution in [0.2, 0.25) is 0 Å². The third kappa shape index (κ3) is 9.14. The highest BCUT2D eigenvalue weighted by atomic mass is 32.2. The van der Waals surface area contributed by atoms with Crippen molar-refractivity contribution in [2.75, 3.05) is 6.26 Å². The van der Waals surface area contributed by atoms with Crippen LogP contribution in [-0.2, 0) is 19.6 Å². The van der Waals surface area contributed by atoms with Gasteiger partial charge >= 0.3 is 6.18 Å². The highest BCUT2D eigenvalue weighted by Crippen LogP contribution is 2.27.